The fourth-order valence-corrected chi connectivity index (χ4v) is 8.81. The molecule has 0 aromatic heterocycles. The Morgan fingerprint density at radius 2 is 0.860 bits per heavy atom. The normalized spacial score (nSPS) is 21.6. The summed E-state index contributed by atoms with van der Waals surface area (Å²) < 4.78 is 0. The first-order valence-electron chi connectivity index (χ1n) is 20.5. The molecule has 0 aliphatic heterocycles. The van der Waals surface area contributed by atoms with Crippen LogP contribution in [0.15, 0.2) is 0 Å². The van der Waals surface area contributed by atoms with Gasteiger partial charge in [0.05, 0.1) is 0 Å². The fraction of sp³-hybridized carbons (Fsp3) is 1.00. The summed E-state index contributed by atoms with van der Waals surface area (Å²) in [7, 11) is 0. The molecule has 0 nitrogen and oxygen atoms in total. The molecule has 1 fully saturated rings. The molecule has 0 spiro atoms. The van der Waals surface area contributed by atoms with E-state index in [0.717, 1.165) is 34.8 Å². The van der Waals surface area contributed by atoms with Crippen LogP contribution in [-0.2, 0) is 0 Å². The van der Waals surface area contributed by atoms with Crippen LogP contribution < -0.4 is 0 Å². The van der Waals surface area contributed by atoms with Gasteiger partial charge in [-0.05, 0) is 61.5 Å². The monoisotopic (exact) mass is 621 g/mol. The standard InChI is InChI=1S/C42H84S/c1-7-9-11-13-22-28-34-42-40(32-26-12-10-8-2)35-39(31-25-20-16-15-19-24-30-38(5)43-6)36-41(42)33-27-21-17-14-18-23-29-37(3)4/h37-42H,7-36H2,1-6H3. The molecule has 0 bridgehead atoms. The zero-order chi connectivity index (χ0) is 31.4. The Hall–Kier alpha value is 0.350. The summed E-state index contributed by atoms with van der Waals surface area (Å²) in [5.41, 5.74) is 0. The molecule has 1 aliphatic rings. The van der Waals surface area contributed by atoms with E-state index in [1.807, 2.05) is 11.8 Å². The SMILES string of the molecule is CCCCCCCCC1C(CCCCCC)CC(CCCCCCCCC(C)SC)CC1CCCCCCCCC(C)C. The zero-order valence-electron chi connectivity index (χ0n) is 31.1. The van der Waals surface area contributed by atoms with Crippen LogP contribution in [0, 0.1) is 29.6 Å². The zero-order valence-corrected chi connectivity index (χ0v) is 31.9. The van der Waals surface area contributed by atoms with E-state index >= 15 is 0 Å². The van der Waals surface area contributed by atoms with Crippen LogP contribution in [0.2, 0.25) is 0 Å². The number of rotatable bonds is 31. The summed E-state index contributed by atoms with van der Waals surface area (Å²) in [6.45, 7) is 11.9. The third-order valence-electron chi connectivity index (χ3n) is 11.3. The number of thioether (sulfide) groups is 1. The van der Waals surface area contributed by atoms with E-state index in [9.17, 15) is 0 Å². The van der Waals surface area contributed by atoms with Gasteiger partial charge in [0.1, 0.15) is 0 Å². The van der Waals surface area contributed by atoms with Gasteiger partial charge in [-0.1, -0.05) is 202 Å². The lowest BCUT2D eigenvalue weighted by Gasteiger charge is -2.43. The van der Waals surface area contributed by atoms with E-state index in [1.165, 1.54) is 154 Å². The molecular weight excluding hydrogens is 537 g/mol. The summed E-state index contributed by atoms with van der Waals surface area (Å²) >= 11 is 2.04. The third kappa shape index (κ3) is 23.3. The Balaban J connectivity index is 2.61. The van der Waals surface area contributed by atoms with Gasteiger partial charge in [0.15, 0.2) is 0 Å². The van der Waals surface area contributed by atoms with Gasteiger partial charge in [0, 0.05) is 5.25 Å². The van der Waals surface area contributed by atoms with Gasteiger partial charge in [0.25, 0.3) is 0 Å². The van der Waals surface area contributed by atoms with E-state index in [-0.39, 0.29) is 0 Å². The van der Waals surface area contributed by atoms with E-state index in [4.69, 9.17) is 0 Å². The molecule has 1 aliphatic carbocycles. The van der Waals surface area contributed by atoms with Crippen LogP contribution in [0.3, 0.4) is 0 Å². The van der Waals surface area contributed by atoms with Crippen molar-refractivity contribution in [2.75, 3.05) is 6.26 Å². The Morgan fingerprint density at radius 1 is 0.465 bits per heavy atom. The van der Waals surface area contributed by atoms with E-state index in [2.05, 4.69) is 40.9 Å². The van der Waals surface area contributed by atoms with Gasteiger partial charge < -0.3 is 0 Å². The van der Waals surface area contributed by atoms with Crippen LogP contribution in [0.5, 0.6) is 0 Å². The van der Waals surface area contributed by atoms with Crippen molar-refractivity contribution in [2.45, 2.75) is 232 Å². The summed E-state index contributed by atoms with van der Waals surface area (Å²) in [6.07, 6.45) is 47.0. The molecule has 0 heterocycles. The van der Waals surface area contributed by atoms with Crippen LogP contribution in [0.4, 0.5) is 0 Å². The van der Waals surface area contributed by atoms with E-state index in [1.54, 1.807) is 38.5 Å². The smallest absolute Gasteiger partial charge is 0.00159 e. The number of unbranched alkanes of at least 4 members (excludes halogenated alkanes) is 18. The molecule has 0 N–H and O–H groups in total. The first kappa shape index (κ1) is 41.4. The van der Waals surface area contributed by atoms with Gasteiger partial charge in [-0.3, -0.25) is 0 Å². The summed E-state index contributed by atoms with van der Waals surface area (Å²) in [6, 6.07) is 0. The van der Waals surface area contributed by atoms with Crippen molar-refractivity contribution >= 4 is 11.8 Å². The highest BCUT2D eigenvalue weighted by molar-refractivity contribution is 7.99. The van der Waals surface area contributed by atoms with Gasteiger partial charge in [0.2, 0.25) is 0 Å². The van der Waals surface area contributed by atoms with Crippen molar-refractivity contribution in [3.05, 3.63) is 0 Å². The molecule has 0 radical (unpaired) electrons. The maximum absolute atomic E-state index is 2.40. The third-order valence-corrected chi connectivity index (χ3v) is 12.3. The predicted octanol–water partition coefficient (Wildman–Crippen LogP) is 15.6. The van der Waals surface area contributed by atoms with E-state index in [0.29, 0.717) is 0 Å². The topological polar surface area (TPSA) is 0 Å². The van der Waals surface area contributed by atoms with Crippen LogP contribution in [-0.4, -0.2) is 11.5 Å². The molecular formula is C42H84S. The lowest BCUT2D eigenvalue weighted by molar-refractivity contribution is 0.0741. The van der Waals surface area contributed by atoms with Crippen LogP contribution in [0.1, 0.15) is 227 Å². The van der Waals surface area contributed by atoms with Crippen molar-refractivity contribution in [1.82, 2.24) is 0 Å². The second-order valence-electron chi connectivity index (χ2n) is 15.8. The molecule has 0 saturated heterocycles. The maximum Gasteiger partial charge on any atom is 0.00159 e. The van der Waals surface area contributed by atoms with Crippen molar-refractivity contribution in [3.8, 4) is 0 Å². The lowest BCUT2D eigenvalue weighted by Crippen LogP contribution is -2.33. The highest BCUT2D eigenvalue weighted by atomic mass is 32.2. The molecule has 0 amide bonds. The highest BCUT2D eigenvalue weighted by Crippen LogP contribution is 2.47. The van der Waals surface area contributed by atoms with Gasteiger partial charge in [-0.2, -0.15) is 11.8 Å². The molecule has 0 aromatic rings. The Kier molecular flexibility index (Phi) is 28.6. The predicted molar refractivity (Wildman–Crippen MR) is 202 cm³/mol. The summed E-state index contributed by atoms with van der Waals surface area (Å²) in [4.78, 5) is 0. The molecule has 5 unspecified atom stereocenters. The van der Waals surface area contributed by atoms with Gasteiger partial charge in [-0.25, -0.2) is 0 Å². The molecule has 1 rings (SSSR count). The quantitative estimate of drug-likeness (QED) is 0.0695. The minimum Gasteiger partial charge on any atom is -0.162 e. The number of hydrogen-bond donors (Lipinski definition) is 0. The average molecular weight is 621 g/mol. The average Bonchev–Trinajstić information content (AvgIpc) is 3.00. The molecule has 1 heteroatoms. The van der Waals surface area contributed by atoms with Crippen molar-refractivity contribution < 1.29 is 0 Å². The van der Waals surface area contributed by atoms with Crippen molar-refractivity contribution in [2.24, 2.45) is 29.6 Å². The fourth-order valence-electron chi connectivity index (χ4n) is 8.41. The largest absolute Gasteiger partial charge is 0.162 e. The molecule has 1 saturated carbocycles. The van der Waals surface area contributed by atoms with E-state index < -0.39 is 0 Å². The summed E-state index contributed by atoms with van der Waals surface area (Å²) in [5, 5.41) is 0.855. The Bertz CT molecular complexity index is 555. The number of hydrogen-bond acceptors (Lipinski definition) is 1. The first-order chi connectivity index (χ1) is 21.0. The minimum atomic E-state index is 0.855. The second kappa shape index (κ2) is 29.7. The lowest BCUT2D eigenvalue weighted by atomic mass is 9.62. The summed E-state index contributed by atoms with van der Waals surface area (Å²) in [5.74, 6) is 5.08. The molecule has 5 atom stereocenters. The maximum atomic E-state index is 2.40. The van der Waals surface area contributed by atoms with Gasteiger partial charge in [-0.15, -0.1) is 0 Å². The first-order valence-corrected chi connectivity index (χ1v) is 21.8. The molecule has 0 aromatic carbocycles. The second-order valence-corrected chi connectivity index (χ2v) is 17.0. The highest BCUT2D eigenvalue weighted by Gasteiger charge is 2.36. The van der Waals surface area contributed by atoms with Crippen molar-refractivity contribution in [3.63, 3.8) is 0 Å². The van der Waals surface area contributed by atoms with Crippen molar-refractivity contribution in [1.29, 1.82) is 0 Å². The van der Waals surface area contributed by atoms with Gasteiger partial charge >= 0.3 is 0 Å². The van der Waals surface area contributed by atoms with Crippen LogP contribution in [0.25, 0.3) is 0 Å². The molecule has 258 valence electrons. The minimum absolute atomic E-state index is 0.855. The Labute approximate surface area is 279 Å². The molecule has 43 heavy (non-hydrogen) atoms. The van der Waals surface area contributed by atoms with Crippen LogP contribution >= 0.6 is 11.8 Å². The Morgan fingerprint density at radius 3 is 1.35 bits per heavy atom.